The Bertz CT molecular complexity index is 2470. The third kappa shape index (κ3) is 12.9. The van der Waals surface area contributed by atoms with Gasteiger partial charge >= 0.3 is 30.7 Å². The third-order valence-electron chi connectivity index (χ3n) is 7.72. The number of alkyl halides is 12. The molecule has 0 saturated carbocycles. The predicted molar refractivity (Wildman–Crippen MR) is 193 cm³/mol. The molecule has 0 aliphatic heterocycles. The number of nitrogens with zero attached hydrogens (tertiary/aromatic N) is 4. The predicted octanol–water partition coefficient (Wildman–Crippen LogP) is 10.6. The van der Waals surface area contributed by atoms with E-state index >= 15 is 0 Å². The second kappa shape index (κ2) is 18.4. The molecule has 0 unspecified atom stereocenters. The van der Waals surface area contributed by atoms with Gasteiger partial charge in [0.15, 0.2) is 0 Å². The summed E-state index contributed by atoms with van der Waals surface area (Å²) in [6.45, 7) is 2.91. The Hall–Kier alpha value is -7.20. The molecule has 4 heterocycles. The van der Waals surface area contributed by atoms with Crippen molar-refractivity contribution in [1.82, 2.24) is 19.6 Å². The lowest BCUT2D eigenvalue weighted by molar-refractivity contribution is -0.144. The van der Waals surface area contributed by atoms with E-state index in [9.17, 15) is 62.3 Å². The highest BCUT2D eigenvalue weighted by atomic mass is 19.4. The number of nitrogens with one attached hydrogen (secondary N) is 1. The Labute approximate surface area is 335 Å². The zero-order valence-electron chi connectivity index (χ0n) is 30.9. The normalized spacial score (nSPS) is 12.2. The first-order valence-electron chi connectivity index (χ1n) is 16.7. The molecule has 0 fully saturated rings. The monoisotopic (exact) mass is 876 g/mol. The summed E-state index contributed by atoms with van der Waals surface area (Å²) in [6.07, 6.45) is -9.75. The van der Waals surface area contributed by atoms with Crippen LogP contribution in [0.15, 0.2) is 107 Å². The highest BCUT2D eigenvalue weighted by Crippen LogP contribution is 2.40. The van der Waals surface area contributed by atoms with Crippen molar-refractivity contribution in [3.8, 4) is 11.4 Å². The summed E-state index contributed by atoms with van der Waals surface area (Å²) >= 11 is 0. The van der Waals surface area contributed by atoms with Crippen molar-refractivity contribution in [2.24, 2.45) is 0 Å². The van der Waals surface area contributed by atoms with E-state index in [-0.39, 0.29) is 34.9 Å². The zero-order valence-corrected chi connectivity index (χ0v) is 30.9. The van der Waals surface area contributed by atoms with Crippen LogP contribution < -0.4 is 11.1 Å². The van der Waals surface area contributed by atoms with Crippen LogP contribution in [0.25, 0.3) is 23.5 Å². The fourth-order valence-electron chi connectivity index (χ4n) is 4.84. The second-order valence-electron chi connectivity index (χ2n) is 12.2. The maximum atomic E-state index is 13.4. The number of carboxylic acids is 1. The standard InChI is InChI=1S/C19H13F6N3O2.C12H9F6N3.C7H6O3/c1-11-15(26-17(29)7-5-13-3-2-8-30-13)10-28(27-11)16-6-4-12(18(20,21)22)9-14(16)19(23,24)25;1-6-9(19)5-21(20-6)10-3-2-7(11(13,14)15)4-8(10)12(16,17)18;8-7(9)4-3-6-2-1-5-10-6/h2-10H,1H3,(H,26,29);2-5H,19H2,1H3;1-5H,(H,8,9)/b7-5+;;4-3+. The summed E-state index contributed by atoms with van der Waals surface area (Å²) in [5.41, 5.74) is -0.692. The molecule has 0 aliphatic rings. The van der Waals surface area contributed by atoms with Gasteiger partial charge in [-0.25, -0.2) is 14.2 Å². The van der Waals surface area contributed by atoms with Gasteiger partial charge in [-0.3, -0.25) is 4.79 Å². The van der Waals surface area contributed by atoms with E-state index in [4.69, 9.17) is 19.7 Å². The summed E-state index contributed by atoms with van der Waals surface area (Å²) < 4.78 is 167. The smallest absolute Gasteiger partial charge is 0.418 e. The number of hydrogen-bond donors (Lipinski definition) is 3. The molecule has 2 aromatic carbocycles. The lowest BCUT2D eigenvalue weighted by Gasteiger charge is -2.15. The Morgan fingerprint density at radius 2 is 1.10 bits per heavy atom. The van der Waals surface area contributed by atoms with Crippen molar-refractivity contribution in [3.63, 3.8) is 0 Å². The summed E-state index contributed by atoms with van der Waals surface area (Å²) in [7, 11) is 0. The number of anilines is 2. The summed E-state index contributed by atoms with van der Waals surface area (Å²) in [4.78, 5) is 22.0. The van der Waals surface area contributed by atoms with Crippen LogP contribution in [0, 0.1) is 13.8 Å². The number of aryl methyl sites for hydroxylation is 2. The molecule has 324 valence electrons. The van der Waals surface area contributed by atoms with Crippen molar-refractivity contribution < 1.29 is 76.2 Å². The van der Waals surface area contributed by atoms with Crippen LogP contribution in [0.3, 0.4) is 0 Å². The minimum Gasteiger partial charge on any atom is -0.478 e. The van der Waals surface area contributed by atoms with Crippen LogP contribution in [0.5, 0.6) is 0 Å². The van der Waals surface area contributed by atoms with E-state index in [2.05, 4.69) is 15.5 Å². The topological polar surface area (TPSA) is 154 Å². The molecule has 0 radical (unpaired) electrons. The summed E-state index contributed by atoms with van der Waals surface area (Å²) in [5, 5.41) is 18.3. The number of benzene rings is 2. The molecule has 0 saturated heterocycles. The van der Waals surface area contributed by atoms with Gasteiger partial charge in [0.2, 0.25) is 5.91 Å². The molecule has 11 nitrogen and oxygen atoms in total. The molecule has 0 bridgehead atoms. The van der Waals surface area contributed by atoms with Crippen LogP contribution in [-0.4, -0.2) is 36.5 Å². The number of nitrogens with two attached hydrogens (primary N) is 1. The van der Waals surface area contributed by atoms with Crippen LogP contribution in [-0.2, 0) is 34.3 Å². The van der Waals surface area contributed by atoms with Crippen LogP contribution in [0.4, 0.5) is 64.1 Å². The van der Waals surface area contributed by atoms with Crippen molar-refractivity contribution in [2.75, 3.05) is 11.1 Å². The van der Waals surface area contributed by atoms with Gasteiger partial charge in [0.25, 0.3) is 0 Å². The molecule has 23 heteroatoms. The van der Waals surface area contributed by atoms with E-state index in [1.807, 2.05) is 0 Å². The Morgan fingerprint density at radius 1 is 0.656 bits per heavy atom. The van der Waals surface area contributed by atoms with Crippen LogP contribution >= 0.6 is 0 Å². The van der Waals surface area contributed by atoms with Gasteiger partial charge < -0.3 is 25.0 Å². The van der Waals surface area contributed by atoms with Crippen molar-refractivity contribution >= 4 is 35.4 Å². The molecule has 1 amide bonds. The first kappa shape index (κ1) is 46.5. The quantitative estimate of drug-likeness (QED) is 0.106. The third-order valence-corrected chi connectivity index (χ3v) is 7.72. The first-order chi connectivity index (χ1) is 28.2. The van der Waals surface area contributed by atoms with Crippen molar-refractivity contribution in [1.29, 1.82) is 0 Å². The Morgan fingerprint density at radius 3 is 1.48 bits per heavy atom. The largest absolute Gasteiger partial charge is 0.478 e. The number of rotatable bonds is 7. The minimum atomic E-state index is -5.05. The highest BCUT2D eigenvalue weighted by Gasteiger charge is 2.40. The van der Waals surface area contributed by atoms with Crippen LogP contribution in [0.2, 0.25) is 0 Å². The molecule has 0 spiro atoms. The molecule has 0 aliphatic carbocycles. The maximum Gasteiger partial charge on any atom is 0.418 e. The fraction of sp³-hybridized carbons (Fsp3) is 0.158. The van der Waals surface area contributed by atoms with Gasteiger partial charge in [-0.2, -0.15) is 62.9 Å². The Balaban J connectivity index is 0.000000228. The van der Waals surface area contributed by atoms with Gasteiger partial charge in [-0.05, 0) is 86.7 Å². The van der Waals surface area contributed by atoms with Gasteiger partial charge in [-0.15, -0.1) is 0 Å². The zero-order chi connectivity index (χ0) is 45.5. The lowest BCUT2D eigenvalue weighted by atomic mass is 10.1. The average molecular weight is 877 g/mol. The molecule has 6 rings (SSSR count). The van der Waals surface area contributed by atoms with Crippen molar-refractivity contribution in [2.45, 2.75) is 38.6 Å². The summed E-state index contributed by atoms with van der Waals surface area (Å²) in [6, 6.07) is 9.19. The van der Waals surface area contributed by atoms with E-state index in [0.29, 0.717) is 29.7 Å². The first-order valence-corrected chi connectivity index (χ1v) is 16.7. The van der Waals surface area contributed by atoms with Gasteiger partial charge in [0, 0.05) is 12.2 Å². The fourth-order valence-corrected chi connectivity index (χ4v) is 4.84. The molecule has 4 aromatic heterocycles. The highest BCUT2D eigenvalue weighted by molar-refractivity contribution is 6.02. The average Bonchev–Trinajstić information content (AvgIpc) is 3.99. The maximum absolute atomic E-state index is 13.4. The number of aromatic nitrogens is 4. The number of carbonyl (C=O) groups excluding carboxylic acids is 1. The molecule has 4 N–H and O–H groups in total. The number of carbonyl (C=O) groups is 2. The second-order valence-corrected chi connectivity index (χ2v) is 12.2. The number of aliphatic carboxylic acids is 1. The number of nitrogen functional groups attached to an aromatic ring is 1. The number of carboxylic acid groups (broad SMARTS) is 1. The van der Waals surface area contributed by atoms with E-state index < -0.39 is 70.2 Å². The van der Waals surface area contributed by atoms with Gasteiger partial charge in [0.05, 0.1) is 81.3 Å². The molecule has 6 aromatic rings. The van der Waals surface area contributed by atoms with Gasteiger partial charge in [0.1, 0.15) is 11.5 Å². The van der Waals surface area contributed by atoms with E-state index in [1.54, 1.807) is 24.3 Å². The lowest BCUT2D eigenvalue weighted by Crippen LogP contribution is -2.14. The minimum absolute atomic E-state index is 0.0245. The van der Waals surface area contributed by atoms with E-state index in [1.165, 1.54) is 38.5 Å². The SMILES string of the molecule is Cc1nn(-c2ccc(C(F)(F)F)cc2C(F)(F)F)cc1N.Cc1nn(-c2ccc(C(F)(F)F)cc2C(F)(F)F)cc1NC(=O)/C=C/c1ccco1.O=C(O)/C=C/c1ccco1. The van der Waals surface area contributed by atoms with E-state index in [0.717, 1.165) is 40.0 Å². The van der Waals surface area contributed by atoms with Crippen LogP contribution in [0.1, 0.15) is 45.2 Å². The number of hydrogen-bond acceptors (Lipinski definition) is 7. The molecule has 0 atom stereocenters. The number of furan rings is 2. The van der Waals surface area contributed by atoms with Gasteiger partial charge in [-0.1, -0.05) is 0 Å². The molecular formula is C38H28F12N6O5. The number of halogens is 12. The molecular weight excluding hydrogens is 848 g/mol. The Kier molecular flexibility index (Phi) is 14.0. The molecule has 61 heavy (non-hydrogen) atoms. The number of amides is 1. The van der Waals surface area contributed by atoms with Crippen molar-refractivity contribution in [3.05, 3.63) is 143 Å². The summed E-state index contributed by atoms with van der Waals surface area (Å²) in [5.74, 6) is -0.617.